The molecular formula is C22H22N4O6S. The SMILES string of the molecule is COc1ccc(C)cc1NC(=O)C(=O)N/N=C/c1ccc(CNS(=O)(=O)c2ccccc2)o1. The summed E-state index contributed by atoms with van der Waals surface area (Å²) < 4.78 is 37.5. The van der Waals surface area contributed by atoms with E-state index >= 15 is 0 Å². The predicted molar refractivity (Wildman–Crippen MR) is 121 cm³/mol. The number of aryl methyl sites for hydroxylation is 1. The molecule has 0 saturated carbocycles. The molecule has 0 radical (unpaired) electrons. The normalized spacial score (nSPS) is 11.3. The van der Waals surface area contributed by atoms with E-state index in [1.807, 2.05) is 13.0 Å². The van der Waals surface area contributed by atoms with Gasteiger partial charge in [-0.3, -0.25) is 9.59 Å². The summed E-state index contributed by atoms with van der Waals surface area (Å²) in [5, 5.41) is 6.15. The fraction of sp³-hybridized carbons (Fsp3) is 0.136. The number of carbonyl (C=O) groups excluding carboxylic acids is 2. The Bertz CT molecular complexity index is 1270. The third-order valence-corrected chi connectivity index (χ3v) is 5.76. The van der Waals surface area contributed by atoms with E-state index in [0.717, 1.165) is 5.56 Å². The number of hydrazone groups is 1. The Morgan fingerprint density at radius 1 is 1.06 bits per heavy atom. The molecule has 2 aromatic carbocycles. The van der Waals surface area contributed by atoms with Gasteiger partial charge in [0.15, 0.2) is 0 Å². The number of methoxy groups -OCH3 is 1. The van der Waals surface area contributed by atoms with Crippen LogP contribution in [-0.2, 0) is 26.2 Å². The summed E-state index contributed by atoms with van der Waals surface area (Å²) in [7, 11) is -2.22. The first-order chi connectivity index (χ1) is 15.8. The van der Waals surface area contributed by atoms with E-state index in [1.54, 1.807) is 42.5 Å². The van der Waals surface area contributed by atoms with Gasteiger partial charge in [-0.05, 0) is 48.9 Å². The van der Waals surface area contributed by atoms with Crippen LogP contribution in [0.25, 0.3) is 0 Å². The van der Waals surface area contributed by atoms with Crippen LogP contribution in [0.15, 0.2) is 75.1 Å². The Labute approximate surface area is 190 Å². The van der Waals surface area contributed by atoms with Crippen molar-refractivity contribution in [2.24, 2.45) is 5.10 Å². The van der Waals surface area contributed by atoms with Gasteiger partial charge in [0, 0.05) is 0 Å². The maximum atomic E-state index is 12.2. The third-order valence-electron chi connectivity index (χ3n) is 4.34. The number of furan rings is 1. The fourth-order valence-corrected chi connectivity index (χ4v) is 3.73. The molecule has 172 valence electrons. The van der Waals surface area contributed by atoms with Crippen molar-refractivity contribution in [2.45, 2.75) is 18.4 Å². The van der Waals surface area contributed by atoms with Crippen molar-refractivity contribution in [1.29, 1.82) is 0 Å². The van der Waals surface area contributed by atoms with E-state index in [-0.39, 0.29) is 17.2 Å². The topological polar surface area (TPSA) is 139 Å². The number of amides is 2. The minimum atomic E-state index is -3.67. The Morgan fingerprint density at radius 3 is 2.55 bits per heavy atom. The lowest BCUT2D eigenvalue weighted by Crippen LogP contribution is -2.32. The van der Waals surface area contributed by atoms with Crippen molar-refractivity contribution in [3.8, 4) is 5.75 Å². The maximum Gasteiger partial charge on any atom is 0.329 e. The van der Waals surface area contributed by atoms with Crippen molar-refractivity contribution < 1.29 is 27.2 Å². The van der Waals surface area contributed by atoms with Gasteiger partial charge in [-0.15, -0.1) is 0 Å². The monoisotopic (exact) mass is 470 g/mol. The van der Waals surface area contributed by atoms with Gasteiger partial charge >= 0.3 is 11.8 Å². The fourth-order valence-electron chi connectivity index (χ4n) is 2.71. The Morgan fingerprint density at radius 2 is 1.82 bits per heavy atom. The number of nitrogens with zero attached hydrogens (tertiary/aromatic N) is 1. The lowest BCUT2D eigenvalue weighted by molar-refractivity contribution is -0.136. The number of benzene rings is 2. The van der Waals surface area contributed by atoms with Crippen molar-refractivity contribution in [3.05, 3.63) is 77.7 Å². The number of anilines is 1. The van der Waals surface area contributed by atoms with E-state index in [1.165, 1.54) is 25.5 Å². The van der Waals surface area contributed by atoms with Gasteiger partial charge < -0.3 is 14.5 Å². The van der Waals surface area contributed by atoms with E-state index in [4.69, 9.17) is 9.15 Å². The molecule has 0 atom stereocenters. The molecule has 0 aliphatic heterocycles. The summed E-state index contributed by atoms with van der Waals surface area (Å²) in [4.78, 5) is 24.2. The Balaban J connectivity index is 1.52. The number of rotatable bonds is 8. The van der Waals surface area contributed by atoms with Gasteiger partial charge in [-0.1, -0.05) is 24.3 Å². The van der Waals surface area contributed by atoms with E-state index in [0.29, 0.717) is 17.2 Å². The minimum Gasteiger partial charge on any atom is -0.495 e. The second-order valence-corrected chi connectivity index (χ2v) is 8.57. The van der Waals surface area contributed by atoms with Crippen LogP contribution in [-0.4, -0.2) is 33.6 Å². The molecule has 11 heteroatoms. The largest absolute Gasteiger partial charge is 0.495 e. The molecule has 0 bridgehead atoms. The minimum absolute atomic E-state index is 0.0713. The van der Waals surface area contributed by atoms with Gasteiger partial charge in [0.2, 0.25) is 10.0 Å². The number of ether oxygens (including phenoxy) is 1. The zero-order chi connectivity index (χ0) is 23.8. The van der Waals surface area contributed by atoms with Gasteiger partial charge in [-0.25, -0.2) is 18.6 Å². The molecule has 1 heterocycles. The van der Waals surface area contributed by atoms with Crippen molar-refractivity contribution in [1.82, 2.24) is 10.1 Å². The van der Waals surface area contributed by atoms with Crippen molar-refractivity contribution in [3.63, 3.8) is 0 Å². The zero-order valence-corrected chi connectivity index (χ0v) is 18.7. The highest BCUT2D eigenvalue weighted by Gasteiger charge is 2.16. The molecule has 0 aliphatic carbocycles. The molecular weight excluding hydrogens is 448 g/mol. The van der Waals surface area contributed by atoms with Gasteiger partial charge in [0.25, 0.3) is 0 Å². The number of hydrogen-bond acceptors (Lipinski definition) is 7. The Kier molecular flexibility index (Phi) is 7.59. The average Bonchev–Trinajstić information content (AvgIpc) is 3.26. The Hall–Kier alpha value is -3.96. The number of carbonyl (C=O) groups is 2. The molecule has 0 saturated heterocycles. The highest BCUT2D eigenvalue weighted by atomic mass is 32.2. The van der Waals surface area contributed by atoms with Crippen LogP contribution >= 0.6 is 0 Å². The van der Waals surface area contributed by atoms with Crippen LogP contribution < -0.4 is 20.2 Å². The quantitative estimate of drug-likeness (QED) is 0.262. The average molecular weight is 471 g/mol. The molecule has 2 amide bonds. The van der Waals surface area contributed by atoms with Crippen molar-refractivity contribution in [2.75, 3.05) is 12.4 Å². The zero-order valence-electron chi connectivity index (χ0n) is 17.9. The summed E-state index contributed by atoms with van der Waals surface area (Å²) in [6, 6.07) is 16.2. The lowest BCUT2D eigenvalue weighted by Gasteiger charge is -2.10. The van der Waals surface area contributed by atoms with Crippen molar-refractivity contribution >= 4 is 33.7 Å². The van der Waals surface area contributed by atoms with Crippen LogP contribution in [0.3, 0.4) is 0 Å². The van der Waals surface area contributed by atoms with E-state index in [2.05, 4.69) is 20.6 Å². The highest BCUT2D eigenvalue weighted by Crippen LogP contribution is 2.25. The molecule has 3 aromatic rings. The molecule has 1 aromatic heterocycles. The van der Waals surface area contributed by atoms with Gasteiger partial charge in [0.1, 0.15) is 17.3 Å². The first kappa shape index (κ1) is 23.7. The molecule has 0 unspecified atom stereocenters. The lowest BCUT2D eigenvalue weighted by atomic mass is 10.2. The third kappa shape index (κ3) is 6.51. The second-order valence-electron chi connectivity index (χ2n) is 6.80. The molecule has 3 rings (SSSR count). The van der Waals surface area contributed by atoms with Crippen LogP contribution in [0, 0.1) is 6.92 Å². The smallest absolute Gasteiger partial charge is 0.329 e. The molecule has 0 fully saturated rings. The summed E-state index contributed by atoms with van der Waals surface area (Å²) >= 11 is 0. The first-order valence-electron chi connectivity index (χ1n) is 9.71. The summed E-state index contributed by atoms with van der Waals surface area (Å²) in [5.41, 5.74) is 3.33. The molecule has 0 aliphatic rings. The van der Waals surface area contributed by atoms with E-state index < -0.39 is 21.8 Å². The van der Waals surface area contributed by atoms with Crippen LogP contribution in [0.2, 0.25) is 0 Å². The number of sulfonamides is 1. The van der Waals surface area contributed by atoms with Gasteiger partial charge in [0.05, 0.1) is 30.5 Å². The first-order valence-corrected chi connectivity index (χ1v) is 11.2. The van der Waals surface area contributed by atoms with E-state index in [9.17, 15) is 18.0 Å². The molecule has 10 nitrogen and oxygen atoms in total. The predicted octanol–water partition coefficient (Wildman–Crippen LogP) is 2.16. The molecule has 0 spiro atoms. The summed E-state index contributed by atoms with van der Waals surface area (Å²) in [5.74, 6) is -0.906. The number of hydrogen-bond donors (Lipinski definition) is 3. The van der Waals surface area contributed by atoms with Crippen LogP contribution in [0.5, 0.6) is 5.75 Å². The summed E-state index contributed by atoms with van der Waals surface area (Å²) in [6.07, 6.45) is 1.19. The summed E-state index contributed by atoms with van der Waals surface area (Å²) in [6.45, 7) is 1.77. The van der Waals surface area contributed by atoms with Gasteiger partial charge in [-0.2, -0.15) is 5.10 Å². The van der Waals surface area contributed by atoms with Crippen LogP contribution in [0.1, 0.15) is 17.1 Å². The molecule has 33 heavy (non-hydrogen) atoms. The van der Waals surface area contributed by atoms with Crippen LogP contribution in [0.4, 0.5) is 5.69 Å². The molecule has 3 N–H and O–H groups in total. The second kappa shape index (κ2) is 10.6. The standard InChI is InChI=1S/C22H22N4O6S/c1-15-8-11-20(31-2)19(12-15)25-21(27)22(28)26-23-13-16-9-10-17(32-16)14-24-33(29,30)18-6-4-3-5-7-18/h3-13,24H,14H2,1-2H3,(H,25,27)(H,26,28)/b23-13+. The number of nitrogens with one attached hydrogen (secondary N) is 3. The highest BCUT2D eigenvalue weighted by molar-refractivity contribution is 7.89. The maximum absolute atomic E-state index is 12.2.